The number of benzene rings is 7. The topological polar surface area (TPSA) is 49.6 Å². The highest BCUT2D eigenvalue weighted by Gasteiger charge is 2.51. The Morgan fingerprint density at radius 1 is 0.462 bits per heavy atom. The summed E-state index contributed by atoms with van der Waals surface area (Å²) in [7, 11) is 0. The van der Waals surface area contributed by atoms with Crippen molar-refractivity contribution in [3.05, 3.63) is 204 Å². The highest BCUT2D eigenvalue weighted by atomic mass is 32.2. The normalized spacial score (nSPS) is 14.9. The van der Waals surface area contributed by atoms with Crippen LogP contribution in [0.15, 0.2) is 186 Å². The molecule has 4 heteroatoms. The average Bonchev–Trinajstić information content (AvgIpc) is 3.52. The third kappa shape index (κ3) is 4.53. The molecular weight excluding hydrogens is 651 g/mol. The van der Waals surface area contributed by atoms with Gasteiger partial charge in [0.25, 0.3) is 0 Å². The lowest BCUT2D eigenvalue weighted by atomic mass is 9.67. The van der Waals surface area contributed by atoms with Crippen LogP contribution < -0.4 is 0 Å². The van der Waals surface area contributed by atoms with Crippen molar-refractivity contribution in [2.75, 3.05) is 0 Å². The van der Waals surface area contributed by atoms with Crippen molar-refractivity contribution in [3.63, 3.8) is 0 Å². The van der Waals surface area contributed by atoms with E-state index in [4.69, 9.17) is 9.97 Å². The lowest BCUT2D eigenvalue weighted by Gasteiger charge is -2.40. The molecule has 10 rings (SSSR count). The first-order valence-electron chi connectivity index (χ1n) is 17.4. The van der Waals surface area contributed by atoms with Crippen molar-refractivity contribution in [1.29, 1.82) is 5.26 Å². The van der Waals surface area contributed by atoms with Gasteiger partial charge in [0.2, 0.25) is 0 Å². The second-order valence-electron chi connectivity index (χ2n) is 13.2. The first-order chi connectivity index (χ1) is 25.7. The van der Waals surface area contributed by atoms with Crippen molar-refractivity contribution in [2.24, 2.45) is 0 Å². The summed E-state index contributed by atoms with van der Waals surface area (Å²) < 4.78 is 0. The molecule has 0 radical (unpaired) electrons. The molecule has 8 aromatic rings. The van der Waals surface area contributed by atoms with Crippen LogP contribution in [0.5, 0.6) is 0 Å². The SMILES string of the molecule is N#Cc1ccc(-c2cccc3c2-c2ccccc2C32c3ccccc3Sc3c(-c4nc(-c5ccccc5)cc(-c5ccccc5)n4)cccc32)cc1. The molecule has 0 bridgehead atoms. The molecule has 0 amide bonds. The molecular formula is C48H29N3S. The molecule has 0 saturated heterocycles. The Morgan fingerprint density at radius 2 is 1.02 bits per heavy atom. The molecule has 1 aromatic heterocycles. The molecule has 1 spiro atoms. The fraction of sp³-hybridized carbons (Fsp3) is 0.0208. The van der Waals surface area contributed by atoms with Gasteiger partial charge in [-0.05, 0) is 68.8 Å². The van der Waals surface area contributed by atoms with Gasteiger partial charge in [0.1, 0.15) is 0 Å². The van der Waals surface area contributed by atoms with E-state index in [1.54, 1.807) is 0 Å². The predicted octanol–water partition coefficient (Wildman–Crippen LogP) is 11.8. The van der Waals surface area contributed by atoms with Crippen molar-refractivity contribution in [2.45, 2.75) is 15.2 Å². The van der Waals surface area contributed by atoms with Crippen LogP contribution in [0.4, 0.5) is 0 Å². The summed E-state index contributed by atoms with van der Waals surface area (Å²) in [5.41, 5.74) is 14.7. The minimum Gasteiger partial charge on any atom is -0.228 e. The zero-order valence-electron chi connectivity index (χ0n) is 28.0. The van der Waals surface area contributed by atoms with E-state index in [1.165, 1.54) is 38.3 Å². The van der Waals surface area contributed by atoms with Gasteiger partial charge in [0.05, 0.1) is 28.4 Å². The highest BCUT2D eigenvalue weighted by molar-refractivity contribution is 7.99. The van der Waals surface area contributed by atoms with E-state index in [0.29, 0.717) is 11.4 Å². The van der Waals surface area contributed by atoms with Gasteiger partial charge >= 0.3 is 0 Å². The fourth-order valence-corrected chi connectivity index (χ4v) is 9.49. The molecule has 242 valence electrons. The largest absolute Gasteiger partial charge is 0.228 e. The van der Waals surface area contributed by atoms with Gasteiger partial charge in [-0.3, -0.25) is 0 Å². The average molecular weight is 680 g/mol. The molecule has 1 atom stereocenters. The minimum atomic E-state index is -0.568. The molecule has 1 unspecified atom stereocenters. The van der Waals surface area contributed by atoms with Crippen molar-refractivity contribution < 1.29 is 0 Å². The molecule has 1 aliphatic heterocycles. The molecule has 2 heterocycles. The van der Waals surface area contributed by atoms with E-state index >= 15 is 0 Å². The smallest absolute Gasteiger partial charge is 0.161 e. The summed E-state index contributed by atoms with van der Waals surface area (Å²) >= 11 is 1.81. The van der Waals surface area contributed by atoms with Crippen molar-refractivity contribution >= 4 is 11.8 Å². The van der Waals surface area contributed by atoms with E-state index in [2.05, 4.69) is 158 Å². The Hall–Kier alpha value is -6.54. The lowest BCUT2D eigenvalue weighted by Crippen LogP contribution is -2.32. The van der Waals surface area contributed by atoms with Crippen LogP contribution in [0.1, 0.15) is 27.8 Å². The number of fused-ring (bicyclic) bond motifs is 9. The zero-order chi connectivity index (χ0) is 34.6. The Bertz CT molecular complexity index is 2660. The highest BCUT2D eigenvalue weighted by Crippen LogP contribution is 2.64. The van der Waals surface area contributed by atoms with Crippen LogP contribution in [-0.4, -0.2) is 9.97 Å². The third-order valence-corrected chi connectivity index (χ3v) is 11.6. The number of hydrogen-bond acceptors (Lipinski definition) is 4. The van der Waals surface area contributed by atoms with E-state index in [9.17, 15) is 5.26 Å². The van der Waals surface area contributed by atoms with Crippen molar-refractivity contribution in [3.8, 4) is 62.2 Å². The number of rotatable bonds is 4. The molecule has 0 fully saturated rings. The summed E-state index contributed by atoms with van der Waals surface area (Å²) in [6.45, 7) is 0. The summed E-state index contributed by atoms with van der Waals surface area (Å²) in [5.74, 6) is 0.705. The Kier molecular flexibility index (Phi) is 7.02. The molecule has 3 nitrogen and oxygen atoms in total. The maximum atomic E-state index is 9.53. The summed E-state index contributed by atoms with van der Waals surface area (Å²) in [4.78, 5) is 13.0. The van der Waals surface area contributed by atoms with Crippen LogP contribution in [-0.2, 0) is 5.41 Å². The van der Waals surface area contributed by atoms with E-state index in [0.717, 1.165) is 44.1 Å². The van der Waals surface area contributed by atoms with Crippen LogP contribution in [0.3, 0.4) is 0 Å². The number of hydrogen-bond donors (Lipinski definition) is 0. The monoisotopic (exact) mass is 679 g/mol. The van der Waals surface area contributed by atoms with E-state index in [1.807, 2.05) is 36.0 Å². The maximum absolute atomic E-state index is 9.53. The van der Waals surface area contributed by atoms with E-state index in [-0.39, 0.29) is 0 Å². The zero-order valence-corrected chi connectivity index (χ0v) is 28.8. The molecule has 0 saturated carbocycles. The van der Waals surface area contributed by atoms with Gasteiger partial charge in [-0.15, -0.1) is 0 Å². The third-order valence-electron chi connectivity index (χ3n) is 10.4. The first-order valence-corrected chi connectivity index (χ1v) is 18.2. The van der Waals surface area contributed by atoms with Gasteiger partial charge < -0.3 is 0 Å². The second-order valence-corrected chi connectivity index (χ2v) is 14.2. The van der Waals surface area contributed by atoms with Crippen molar-refractivity contribution in [1.82, 2.24) is 9.97 Å². The summed E-state index contributed by atoms with van der Waals surface area (Å²) in [5, 5.41) is 9.53. The van der Waals surface area contributed by atoms with Crippen LogP contribution in [0, 0.1) is 11.3 Å². The van der Waals surface area contributed by atoms with Crippen LogP contribution in [0.2, 0.25) is 0 Å². The second kappa shape index (κ2) is 12.1. The standard InChI is InChI=1S/C48H29N3S/c49-30-31-25-27-32(28-26-31)35-18-11-22-40-45(35)36-17-7-8-20-38(36)48(40)39-21-9-10-24-44(39)52-46-37(19-12-23-41(46)48)47-50-42(33-13-3-1-4-14-33)29-43(51-47)34-15-5-2-6-16-34/h1-29H. The molecule has 1 aliphatic carbocycles. The van der Waals surface area contributed by atoms with Crippen LogP contribution >= 0.6 is 11.8 Å². The van der Waals surface area contributed by atoms with Gasteiger partial charge in [0, 0.05) is 26.5 Å². The number of nitriles is 1. The number of nitrogens with zero attached hydrogens (tertiary/aromatic N) is 3. The van der Waals surface area contributed by atoms with Gasteiger partial charge in [0.15, 0.2) is 5.82 Å². The lowest BCUT2D eigenvalue weighted by molar-refractivity contribution is 0.723. The van der Waals surface area contributed by atoms with Gasteiger partial charge in [-0.2, -0.15) is 5.26 Å². The first kappa shape index (κ1) is 30.3. The number of aromatic nitrogens is 2. The van der Waals surface area contributed by atoms with Gasteiger partial charge in [-0.1, -0.05) is 163 Å². The fourth-order valence-electron chi connectivity index (χ4n) is 8.19. The molecule has 2 aliphatic rings. The molecule has 0 N–H and O–H groups in total. The van der Waals surface area contributed by atoms with Crippen LogP contribution in [0.25, 0.3) is 56.2 Å². The summed E-state index contributed by atoms with van der Waals surface area (Å²) in [6, 6.07) is 64.2. The molecule has 7 aromatic carbocycles. The van der Waals surface area contributed by atoms with Gasteiger partial charge in [-0.25, -0.2) is 9.97 Å². The molecule has 52 heavy (non-hydrogen) atoms. The maximum Gasteiger partial charge on any atom is 0.161 e. The Labute approximate surface area is 307 Å². The Balaban J connectivity index is 1.27. The predicted molar refractivity (Wildman–Crippen MR) is 210 cm³/mol. The Morgan fingerprint density at radius 3 is 1.71 bits per heavy atom. The summed E-state index contributed by atoms with van der Waals surface area (Å²) in [6.07, 6.45) is 0. The van der Waals surface area contributed by atoms with E-state index < -0.39 is 5.41 Å². The quantitative estimate of drug-likeness (QED) is 0.186. The minimum absolute atomic E-state index is 0.568.